The standard InChI is InChI=1S/C7H4Cl2N2S.2C2H6/c8-6-1-4(11-12)2-7(9)5(6)3-10;2*1-2/h1-2,11-12H;2*1-2H3. The second-order valence-electron chi connectivity index (χ2n) is 2.04. The highest BCUT2D eigenvalue weighted by Crippen LogP contribution is 2.28. The number of benzene rings is 1. The number of thiol groups is 1. The molecule has 0 aliphatic carbocycles. The van der Waals surface area contributed by atoms with E-state index in [4.69, 9.17) is 28.5 Å². The van der Waals surface area contributed by atoms with Crippen molar-refractivity contribution in [3.05, 3.63) is 27.7 Å². The average molecular weight is 279 g/mol. The summed E-state index contributed by atoms with van der Waals surface area (Å²) in [5.74, 6) is 0. The first-order valence-corrected chi connectivity index (χ1v) is 6.18. The van der Waals surface area contributed by atoms with E-state index in [9.17, 15) is 0 Å². The van der Waals surface area contributed by atoms with Crippen molar-refractivity contribution in [3.63, 3.8) is 0 Å². The Bertz CT molecular complexity index is 325. The van der Waals surface area contributed by atoms with Crippen LogP contribution < -0.4 is 4.72 Å². The van der Waals surface area contributed by atoms with Crippen molar-refractivity contribution >= 4 is 41.7 Å². The summed E-state index contributed by atoms with van der Waals surface area (Å²) in [6, 6.07) is 5.06. The third kappa shape index (κ3) is 5.50. The summed E-state index contributed by atoms with van der Waals surface area (Å²) >= 11 is 15.3. The van der Waals surface area contributed by atoms with Gasteiger partial charge >= 0.3 is 0 Å². The zero-order chi connectivity index (χ0) is 13.1. The van der Waals surface area contributed by atoms with Crippen LogP contribution in [0.1, 0.15) is 33.3 Å². The van der Waals surface area contributed by atoms with Crippen molar-refractivity contribution in [1.82, 2.24) is 0 Å². The minimum absolute atomic E-state index is 0.283. The van der Waals surface area contributed by atoms with Crippen LogP contribution in [0.25, 0.3) is 0 Å². The summed E-state index contributed by atoms with van der Waals surface area (Å²) in [4.78, 5) is 0. The first-order chi connectivity index (χ1) is 7.69. The van der Waals surface area contributed by atoms with Gasteiger partial charge in [0, 0.05) is 5.69 Å². The minimum atomic E-state index is 0.283. The monoisotopic (exact) mass is 278 g/mol. The predicted octanol–water partition coefficient (Wildman–Crippen LogP) is 5.17. The second-order valence-corrected chi connectivity index (χ2v) is 3.08. The van der Waals surface area contributed by atoms with Crippen molar-refractivity contribution < 1.29 is 0 Å². The van der Waals surface area contributed by atoms with Crippen LogP contribution in [0.4, 0.5) is 5.69 Å². The van der Waals surface area contributed by atoms with Gasteiger partial charge in [0.05, 0.1) is 15.6 Å². The Morgan fingerprint density at radius 1 is 1.12 bits per heavy atom. The Morgan fingerprint density at radius 2 is 1.50 bits per heavy atom. The summed E-state index contributed by atoms with van der Waals surface area (Å²) in [5, 5.41) is 9.25. The molecular weight excluding hydrogens is 263 g/mol. The molecule has 2 nitrogen and oxygen atoms in total. The number of nitriles is 1. The number of anilines is 1. The molecule has 1 N–H and O–H groups in total. The topological polar surface area (TPSA) is 35.8 Å². The van der Waals surface area contributed by atoms with Gasteiger partial charge in [-0.1, -0.05) is 63.7 Å². The Morgan fingerprint density at radius 3 is 1.75 bits per heavy atom. The summed E-state index contributed by atoms with van der Waals surface area (Å²) in [6.45, 7) is 8.00. The number of nitrogens with zero attached hydrogens (tertiary/aromatic N) is 1. The largest absolute Gasteiger partial charge is 0.332 e. The molecule has 0 unspecified atom stereocenters. The minimum Gasteiger partial charge on any atom is -0.332 e. The molecule has 1 aromatic carbocycles. The fourth-order valence-corrected chi connectivity index (χ4v) is 1.45. The summed E-state index contributed by atoms with van der Waals surface area (Å²) < 4.78 is 2.58. The van der Waals surface area contributed by atoms with Gasteiger partial charge in [0.15, 0.2) is 0 Å². The highest BCUT2D eigenvalue weighted by atomic mass is 35.5. The SMILES string of the molecule is CC.CC.N#Cc1c(Cl)cc(NS)cc1Cl. The van der Waals surface area contributed by atoms with Crippen molar-refractivity contribution in [2.45, 2.75) is 27.7 Å². The number of hydrogen-bond donors (Lipinski definition) is 2. The van der Waals surface area contributed by atoms with Crippen molar-refractivity contribution in [1.29, 1.82) is 5.26 Å². The zero-order valence-electron chi connectivity index (χ0n) is 9.81. The summed E-state index contributed by atoms with van der Waals surface area (Å²) in [7, 11) is 0. The van der Waals surface area contributed by atoms with Gasteiger partial charge in [-0.05, 0) is 12.1 Å². The highest BCUT2D eigenvalue weighted by molar-refractivity contribution is 7.81. The van der Waals surface area contributed by atoms with E-state index in [2.05, 4.69) is 17.5 Å². The number of halogens is 2. The Hall–Kier alpha value is -0.560. The third-order valence-corrected chi connectivity index (χ3v) is 2.14. The fraction of sp³-hybridized carbons (Fsp3) is 0.364. The Labute approximate surface area is 113 Å². The van der Waals surface area contributed by atoms with Crippen molar-refractivity contribution in [2.24, 2.45) is 0 Å². The molecule has 1 rings (SSSR count). The van der Waals surface area contributed by atoms with E-state index in [-0.39, 0.29) is 5.56 Å². The number of rotatable bonds is 1. The molecule has 0 saturated carbocycles. The molecule has 0 bridgehead atoms. The van der Waals surface area contributed by atoms with Crippen LogP contribution in [0.2, 0.25) is 10.0 Å². The molecule has 0 saturated heterocycles. The quantitative estimate of drug-likeness (QED) is 0.695. The lowest BCUT2D eigenvalue weighted by atomic mass is 10.2. The van der Waals surface area contributed by atoms with Gasteiger partial charge in [-0.25, -0.2) is 0 Å². The molecule has 0 amide bonds. The molecule has 16 heavy (non-hydrogen) atoms. The van der Waals surface area contributed by atoms with Gasteiger partial charge in [0.25, 0.3) is 0 Å². The van der Waals surface area contributed by atoms with Crippen LogP contribution in [0, 0.1) is 11.3 Å². The van der Waals surface area contributed by atoms with Gasteiger partial charge < -0.3 is 4.72 Å². The molecule has 5 heteroatoms. The molecule has 0 radical (unpaired) electrons. The maximum Gasteiger partial charge on any atom is 0.102 e. The van der Waals surface area contributed by atoms with E-state index in [0.29, 0.717) is 15.7 Å². The fourth-order valence-electron chi connectivity index (χ4n) is 0.744. The lowest BCUT2D eigenvalue weighted by Crippen LogP contribution is -1.84. The van der Waals surface area contributed by atoms with Crippen LogP contribution in [0.15, 0.2) is 12.1 Å². The van der Waals surface area contributed by atoms with Crippen LogP contribution in [-0.4, -0.2) is 0 Å². The van der Waals surface area contributed by atoms with Crippen molar-refractivity contribution in [3.8, 4) is 6.07 Å². The maximum atomic E-state index is 8.60. The third-order valence-electron chi connectivity index (χ3n) is 1.28. The lowest BCUT2D eigenvalue weighted by molar-refractivity contribution is 1.48. The predicted molar refractivity (Wildman–Crippen MR) is 76.5 cm³/mol. The van der Waals surface area contributed by atoms with E-state index >= 15 is 0 Å². The normalized spacial score (nSPS) is 7.62. The van der Waals surface area contributed by atoms with Crippen LogP contribution in [0.3, 0.4) is 0 Å². The molecule has 0 heterocycles. The molecule has 0 fully saturated rings. The van der Waals surface area contributed by atoms with Gasteiger partial charge in [-0.15, -0.1) is 0 Å². The average Bonchev–Trinajstić information content (AvgIpc) is 2.33. The molecule has 0 spiro atoms. The Kier molecular flexibility index (Phi) is 12.2. The zero-order valence-corrected chi connectivity index (χ0v) is 12.2. The molecule has 90 valence electrons. The highest BCUT2D eigenvalue weighted by Gasteiger charge is 2.06. The number of nitrogens with one attached hydrogen (secondary N) is 1. The Balaban J connectivity index is 0. The van der Waals surface area contributed by atoms with E-state index in [1.54, 1.807) is 12.1 Å². The summed E-state index contributed by atoms with van der Waals surface area (Å²) in [6.07, 6.45) is 0. The van der Waals surface area contributed by atoms with Gasteiger partial charge in [0.1, 0.15) is 6.07 Å². The van der Waals surface area contributed by atoms with E-state index < -0.39 is 0 Å². The van der Waals surface area contributed by atoms with Crippen LogP contribution in [0.5, 0.6) is 0 Å². The molecule has 0 aliphatic rings. The smallest absolute Gasteiger partial charge is 0.102 e. The molecular formula is C11H16Cl2N2S. The molecule has 1 aromatic rings. The van der Waals surface area contributed by atoms with E-state index in [1.807, 2.05) is 33.8 Å². The molecule has 0 aliphatic heterocycles. The van der Waals surface area contributed by atoms with Crippen LogP contribution >= 0.6 is 36.0 Å². The summed E-state index contributed by atoms with van der Waals surface area (Å²) in [5.41, 5.74) is 0.943. The van der Waals surface area contributed by atoms with Crippen LogP contribution in [-0.2, 0) is 0 Å². The first kappa shape index (κ1) is 17.8. The second kappa shape index (κ2) is 10.9. The lowest BCUT2D eigenvalue weighted by Gasteiger charge is -2.02. The first-order valence-electron chi connectivity index (χ1n) is 4.98. The molecule has 0 atom stereocenters. The number of hydrogen-bond acceptors (Lipinski definition) is 3. The van der Waals surface area contributed by atoms with E-state index in [1.165, 1.54) is 0 Å². The maximum absolute atomic E-state index is 8.60. The van der Waals surface area contributed by atoms with Gasteiger partial charge in [-0.3, -0.25) is 0 Å². The van der Waals surface area contributed by atoms with E-state index in [0.717, 1.165) is 0 Å². The molecule has 0 aromatic heterocycles. The van der Waals surface area contributed by atoms with Crippen molar-refractivity contribution in [2.75, 3.05) is 4.72 Å². The van der Waals surface area contributed by atoms with Gasteiger partial charge in [0.2, 0.25) is 0 Å². The van der Waals surface area contributed by atoms with Gasteiger partial charge in [-0.2, -0.15) is 5.26 Å².